The van der Waals surface area contributed by atoms with E-state index in [1.54, 1.807) is 6.33 Å². The van der Waals surface area contributed by atoms with Crippen LogP contribution in [-0.4, -0.2) is 60.9 Å². The largest absolute Gasteiger partial charge is 0.395 e. The smallest absolute Gasteiger partial charge is 0.178 e. The maximum atomic E-state index is 9.31. The minimum absolute atomic E-state index is 0.0601. The minimum Gasteiger partial charge on any atom is -0.395 e. The molecular weight excluding hydrogens is 424 g/mol. The van der Waals surface area contributed by atoms with Gasteiger partial charge in [-0.15, -0.1) is 0 Å². The molecule has 0 unspecified atom stereocenters. The van der Waals surface area contributed by atoms with Crippen molar-refractivity contribution in [2.45, 2.75) is 26.6 Å². The number of H-pyrrole nitrogens is 1. The number of aliphatic hydroxyl groups excluding tert-OH is 2. The number of imidazole rings is 1. The van der Waals surface area contributed by atoms with Crippen LogP contribution >= 0.6 is 12.2 Å². The molecule has 2 heterocycles. The third kappa shape index (κ3) is 4.66. The molecule has 4 N–H and O–H groups in total. The lowest BCUT2D eigenvalue weighted by atomic mass is 10.1. The highest BCUT2D eigenvalue weighted by atomic mass is 32.1. The molecule has 168 valence electrons. The molecule has 0 atom stereocenters. The zero-order chi connectivity index (χ0) is 22.5. The molecule has 4 aromatic rings. The third-order valence-corrected chi connectivity index (χ3v) is 5.96. The number of hydrogen-bond acceptors (Lipinski definition) is 7. The number of benzene rings is 2. The van der Waals surface area contributed by atoms with E-state index in [0.29, 0.717) is 31.0 Å². The van der Waals surface area contributed by atoms with Crippen molar-refractivity contribution in [1.82, 2.24) is 24.4 Å². The van der Waals surface area contributed by atoms with Crippen molar-refractivity contribution < 1.29 is 10.2 Å². The third-order valence-electron chi connectivity index (χ3n) is 5.64. The predicted octanol–water partition coefficient (Wildman–Crippen LogP) is 3.06. The van der Waals surface area contributed by atoms with Crippen LogP contribution in [-0.2, 0) is 19.6 Å². The topological polar surface area (TPSA) is 102 Å². The fourth-order valence-corrected chi connectivity index (χ4v) is 4.36. The van der Waals surface area contributed by atoms with Crippen LogP contribution in [0.2, 0.25) is 0 Å². The first-order valence-corrected chi connectivity index (χ1v) is 11.2. The van der Waals surface area contributed by atoms with E-state index >= 15 is 0 Å². The second-order valence-corrected chi connectivity index (χ2v) is 8.02. The molecule has 8 nitrogen and oxygen atoms in total. The molecule has 2 aromatic heterocycles. The number of fused-ring (bicyclic) bond motifs is 2. The molecule has 0 radical (unpaired) electrons. The average molecular weight is 453 g/mol. The molecule has 0 aliphatic rings. The number of anilines is 1. The van der Waals surface area contributed by atoms with Gasteiger partial charge in [-0.2, -0.15) is 0 Å². The number of hydrogen-bond donors (Lipinski definition) is 4. The molecule has 0 fully saturated rings. The molecular formula is C23H28N6O2S. The summed E-state index contributed by atoms with van der Waals surface area (Å²) in [6.07, 6.45) is 1.57. The van der Waals surface area contributed by atoms with Crippen LogP contribution in [0.3, 0.4) is 0 Å². The van der Waals surface area contributed by atoms with Crippen LogP contribution in [0, 0.1) is 4.77 Å². The zero-order valence-corrected chi connectivity index (χ0v) is 18.9. The van der Waals surface area contributed by atoms with Crippen molar-refractivity contribution in [3.63, 3.8) is 0 Å². The summed E-state index contributed by atoms with van der Waals surface area (Å²) in [6, 6.07) is 12.3. The highest BCUT2D eigenvalue weighted by Crippen LogP contribution is 2.26. The van der Waals surface area contributed by atoms with Gasteiger partial charge in [-0.05, 0) is 42.4 Å². The summed E-state index contributed by atoms with van der Waals surface area (Å²) in [5.41, 5.74) is 5.14. The summed E-state index contributed by atoms with van der Waals surface area (Å²) in [7, 11) is 0. The Morgan fingerprint density at radius 3 is 2.56 bits per heavy atom. The first-order chi connectivity index (χ1) is 15.6. The highest BCUT2D eigenvalue weighted by Gasteiger charge is 2.12. The molecule has 32 heavy (non-hydrogen) atoms. The number of aromatic amines is 1. The Bertz CT molecular complexity index is 1260. The zero-order valence-electron chi connectivity index (χ0n) is 18.1. The van der Waals surface area contributed by atoms with Crippen LogP contribution in [0.1, 0.15) is 18.1 Å². The monoisotopic (exact) mass is 452 g/mol. The van der Waals surface area contributed by atoms with Gasteiger partial charge in [0.1, 0.15) is 12.1 Å². The number of aryl methyl sites for hydroxylation is 1. The second-order valence-electron chi connectivity index (χ2n) is 7.63. The van der Waals surface area contributed by atoms with Gasteiger partial charge < -0.3 is 25.1 Å². The summed E-state index contributed by atoms with van der Waals surface area (Å²) >= 11 is 5.45. The van der Waals surface area contributed by atoms with Crippen LogP contribution in [0.5, 0.6) is 0 Å². The molecule has 0 saturated heterocycles. The highest BCUT2D eigenvalue weighted by molar-refractivity contribution is 7.71. The lowest BCUT2D eigenvalue weighted by Crippen LogP contribution is -2.29. The summed E-state index contributed by atoms with van der Waals surface area (Å²) in [5.74, 6) is 0.762. The Morgan fingerprint density at radius 2 is 1.84 bits per heavy atom. The first kappa shape index (κ1) is 22.3. The lowest BCUT2D eigenvalue weighted by Gasteiger charge is -2.22. The van der Waals surface area contributed by atoms with Crippen molar-refractivity contribution >= 4 is 40.0 Å². The number of aliphatic hydroxyl groups is 2. The summed E-state index contributed by atoms with van der Waals surface area (Å²) < 4.78 is 2.75. The average Bonchev–Trinajstić information content (AvgIpc) is 3.11. The van der Waals surface area contributed by atoms with Crippen molar-refractivity contribution in [2.24, 2.45) is 0 Å². The van der Waals surface area contributed by atoms with E-state index in [0.717, 1.165) is 45.4 Å². The van der Waals surface area contributed by atoms with Gasteiger partial charge >= 0.3 is 0 Å². The van der Waals surface area contributed by atoms with Gasteiger partial charge in [-0.25, -0.2) is 9.97 Å². The van der Waals surface area contributed by atoms with Gasteiger partial charge in [0.2, 0.25) is 0 Å². The molecule has 0 aliphatic carbocycles. The van der Waals surface area contributed by atoms with Crippen molar-refractivity contribution in [2.75, 3.05) is 31.6 Å². The van der Waals surface area contributed by atoms with E-state index in [2.05, 4.69) is 43.9 Å². The normalized spacial score (nSPS) is 11.6. The Hall–Kier alpha value is -2.85. The van der Waals surface area contributed by atoms with E-state index in [4.69, 9.17) is 12.2 Å². The van der Waals surface area contributed by atoms with E-state index in [1.807, 2.05) is 29.2 Å². The molecule has 9 heteroatoms. The Balaban J connectivity index is 1.61. The predicted molar refractivity (Wildman–Crippen MR) is 129 cm³/mol. The summed E-state index contributed by atoms with van der Waals surface area (Å²) in [5, 5.41) is 23.0. The Kier molecular flexibility index (Phi) is 7.11. The molecule has 2 aromatic carbocycles. The molecule has 0 aliphatic heterocycles. The minimum atomic E-state index is 0.0601. The summed E-state index contributed by atoms with van der Waals surface area (Å²) in [6.45, 7) is 5.28. The molecule has 0 spiro atoms. The lowest BCUT2D eigenvalue weighted by molar-refractivity contribution is 0.155. The van der Waals surface area contributed by atoms with E-state index in [9.17, 15) is 10.2 Å². The number of rotatable bonds is 10. The van der Waals surface area contributed by atoms with Crippen molar-refractivity contribution in [3.05, 3.63) is 58.6 Å². The van der Waals surface area contributed by atoms with Gasteiger partial charge in [0, 0.05) is 38.1 Å². The van der Waals surface area contributed by atoms with Crippen LogP contribution in [0.4, 0.5) is 5.82 Å². The van der Waals surface area contributed by atoms with E-state index < -0.39 is 0 Å². The van der Waals surface area contributed by atoms with Crippen LogP contribution in [0.25, 0.3) is 21.9 Å². The fourth-order valence-electron chi connectivity index (χ4n) is 4.02. The molecule has 0 saturated carbocycles. The number of aromatic nitrogens is 4. The number of nitrogens with zero attached hydrogens (tertiary/aromatic N) is 4. The van der Waals surface area contributed by atoms with Gasteiger partial charge in [0.25, 0.3) is 0 Å². The van der Waals surface area contributed by atoms with Crippen LogP contribution < -0.4 is 5.32 Å². The summed E-state index contributed by atoms with van der Waals surface area (Å²) in [4.78, 5) is 14.3. The van der Waals surface area contributed by atoms with Crippen molar-refractivity contribution in [1.29, 1.82) is 0 Å². The van der Waals surface area contributed by atoms with Gasteiger partial charge in [0.15, 0.2) is 4.77 Å². The van der Waals surface area contributed by atoms with Gasteiger partial charge in [0.05, 0.1) is 29.8 Å². The maximum Gasteiger partial charge on any atom is 0.178 e. The maximum absolute atomic E-state index is 9.31. The van der Waals surface area contributed by atoms with E-state index in [-0.39, 0.29) is 13.2 Å². The van der Waals surface area contributed by atoms with E-state index in [1.165, 1.54) is 0 Å². The second kappa shape index (κ2) is 10.2. The Labute approximate surface area is 191 Å². The SMILES string of the molecule is CCn1c(=S)[nH]c2cc3c(NCc4ccccc4CN(CCO)CCO)ncnc3cc21. The first-order valence-electron chi connectivity index (χ1n) is 10.8. The standard InChI is InChI=1S/C23H28N6O2S/c1-2-29-21-12-19-18(11-20(21)27-23(29)32)22(26-15-25-19)24-13-16-5-3-4-6-17(16)14-28(7-9-30)8-10-31/h3-6,11-12,15,30-31H,2,7-10,13-14H2,1H3,(H,27,32)(H,24,25,26). The Morgan fingerprint density at radius 1 is 1.09 bits per heavy atom. The molecule has 0 bridgehead atoms. The fraction of sp³-hybridized carbons (Fsp3) is 0.348. The number of nitrogens with one attached hydrogen (secondary N) is 2. The quantitative estimate of drug-likeness (QED) is 0.274. The van der Waals surface area contributed by atoms with Crippen molar-refractivity contribution in [3.8, 4) is 0 Å². The van der Waals surface area contributed by atoms with Gasteiger partial charge in [-0.1, -0.05) is 24.3 Å². The molecule has 4 rings (SSSR count). The van der Waals surface area contributed by atoms with Gasteiger partial charge in [-0.3, -0.25) is 4.90 Å². The molecule has 0 amide bonds. The van der Waals surface area contributed by atoms with Crippen LogP contribution in [0.15, 0.2) is 42.7 Å².